The predicted octanol–water partition coefficient (Wildman–Crippen LogP) is 2.59. The first-order valence-electron chi connectivity index (χ1n) is 9.49. The van der Waals surface area contributed by atoms with Gasteiger partial charge in [0.15, 0.2) is 0 Å². The van der Waals surface area contributed by atoms with Crippen LogP contribution in [0.3, 0.4) is 0 Å². The zero-order valence-corrected chi connectivity index (χ0v) is 16.8. The number of anilines is 1. The summed E-state index contributed by atoms with van der Waals surface area (Å²) in [5, 5.41) is 4.10. The van der Waals surface area contributed by atoms with Gasteiger partial charge in [0.2, 0.25) is 5.95 Å². The Labute approximate surface area is 164 Å². The molecule has 0 saturated carbocycles. The number of hydrogen-bond donors (Lipinski definition) is 0. The topological polar surface area (TPSA) is 84.1 Å². The molecule has 3 aromatic rings. The van der Waals surface area contributed by atoms with Gasteiger partial charge in [-0.3, -0.25) is 9.97 Å². The standard InChI is InChI=1S/C20H25N7O/c1-13-18(14(2)28-25-13)19-16(17-10-21-6-7-22-17)9-23-20(24-19)27(4)12-15-5-8-26(3)11-15/h6-7,9-10,15H,5,8,11-12H2,1-4H3. The van der Waals surface area contributed by atoms with Crippen molar-refractivity contribution in [2.45, 2.75) is 20.3 Å². The zero-order chi connectivity index (χ0) is 19.7. The Kier molecular flexibility index (Phi) is 5.04. The average molecular weight is 379 g/mol. The van der Waals surface area contributed by atoms with E-state index < -0.39 is 0 Å². The van der Waals surface area contributed by atoms with Gasteiger partial charge in [-0.1, -0.05) is 5.16 Å². The molecule has 0 spiro atoms. The van der Waals surface area contributed by atoms with Gasteiger partial charge in [0.25, 0.3) is 0 Å². The Morgan fingerprint density at radius 3 is 2.71 bits per heavy atom. The third-order valence-corrected chi connectivity index (χ3v) is 5.25. The van der Waals surface area contributed by atoms with Crippen LogP contribution >= 0.6 is 0 Å². The second-order valence-electron chi connectivity index (χ2n) is 7.52. The largest absolute Gasteiger partial charge is 0.361 e. The van der Waals surface area contributed by atoms with Gasteiger partial charge in [-0.15, -0.1) is 0 Å². The second kappa shape index (κ2) is 7.63. The zero-order valence-electron chi connectivity index (χ0n) is 16.8. The third kappa shape index (κ3) is 3.60. The quantitative estimate of drug-likeness (QED) is 0.669. The van der Waals surface area contributed by atoms with Crippen LogP contribution in [0.2, 0.25) is 0 Å². The fourth-order valence-electron chi connectivity index (χ4n) is 3.84. The molecule has 28 heavy (non-hydrogen) atoms. The fraction of sp³-hybridized carbons (Fsp3) is 0.450. The molecule has 4 heterocycles. The molecular weight excluding hydrogens is 354 g/mol. The first-order chi connectivity index (χ1) is 13.5. The molecular formula is C20H25N7O. The minimum atomic E-state index is 0.626. The smallest absolute Gasteiger partial charge is 0.225 e. The normalized spacial score (nSPS) is 17.2. The average Bonchev–Trinajstić information content (AvgIpc) is 3.26. The Bertz CT molecular complexity index is 937. The summed E-state index contributed by atoms with van der Waals surface area (Å²) >= 11 is 0. The second-order valence-corrected chi connectivity index (χ2v) is 7.52. The Balaban J connectivity index is 1.73. The molecule has 0 N–H and O–H groups in total. The van der Waals surface area contributed by atoms with Crippen LogP contribution in [0.4, 0.5) is 5.95 Å². The fourth-order valence-corrected chi connectivity index (χ4v) is 3.84. The lowest BCUT2D eigenvalue weighted by atomic mass is 10.0. The third-order valence-electron chi connectivity index (χ3n) is 5.25. The van der Waals surface area contributed by atoms with Crippen LogP contribution in [0.25, 0.3) is 22.5 Å². The molecule has 0 bridgehead atoms. The highest BCUT2D eigenvalue weighted by Crippen LogP contribution is 2.34. The van der Waals surface area contributed by atoms with Crippen molar-refractivity contribution in [1.82, 2.24) is 30.0 Å². The number of likely N-dealkylation sites (tertiary alicyclic amines) is 1. The van der Waals surface area contributed by atoms with Crippen LogP contribution in [0.15, 0.2) is 29.3 Å². The van der Waals surface area contributed by atoms with Crippen molar-refractivity contribution in [2.75, 3.05) is 38.6 Å². The maximum Gasteiger partial charge on any atom is 0.225 e. The Morgan fingerprint density at radius 1 is 1.21 bits per heavy atom. The predicted molar refractivity (Wildman–Crippen MR) is 107 cm³/mol. The summed E-state index contributed by atoms with van der Waals surface area (Å²) in [6.45, 7) is 7.01. The summed E-state index contributed by atoms with van der Waals surface area (Å²) in [4.78, 5) is 22.7. The van der Waals surface area contributed by atoms with E-state index in [2.05, 4.69) is 37.0 Å². The molecule has 0 aliphatic carbocycles. The monoisotopic (exact) mass is 379 g/mol. The van der Waals surface area contributed by atoms with Crippen molar-refractivity contribution in [1.29, 1.82) is 0 Å². The van der Waals surface area contributed by atoms with Gasteiger partial charge in [0.05, 0.1) is 28.8 Å². The van der Waals surface area contributed by atoms with E-state index >= 15 is 0 Å². The molecule has 8 heteroatoms. The van der Waals surface area contributed by atoms with Crippen molar-refractivity contribution >= 4 is 5.95 Å². The summed E-state index contributed by atoms with van der Waals surface area (Å²) in [6, 6.07) is 0. The lowest BCUT2D eigenvalue weighted by Crippen LogP contribution is -2.28. The Morgan fingerprint density at radius 2 is 2.07 bits per heavy atom. The van der Waals surface area contributed by atoms with Crippen LogP contribution in [-0.4, -0.2) is 63.7 Å². The van der Waals surface area contributed by atoms with Crippen molar-refractivity contribution in [3.05, 3.63) is 36.2 Å². The van der Waals surface area contributed by atoms with Crippen LogP contribution in [0.1, 0.15) is 17.9 Å². The molecule has 146 valence electrons. The minimum absolute atomic E-state index is 0.626. The highest BCUT2D eigenvalue weighted by molar-refractivity contribution is 5.80. The molecule has 8 nitrogen and oxygen atoms in total. The number of hydrogen-bond acceptors (Lipinski definition) is 8. The van der Waals surface area contributed by atoms with Gasteiger partial charge in [0, 0.05) is 44.3 Å². The summed E-state index contributed by atoms with van der Waals surface area (Å²) in [5.74, 6) is 2.05. The first kappa shape index (κ1) is 18.5. The van der Waals surface area contributed by atoms with Crippen molar-refractivity contribution < 1.29 is 4.52 Å². The van der Waals surface area contributed by atoms with E-state index in [1.807, 2.05) is 27.1 Å². The molecule has 1 aliphatic heterocycles. The molecule has 1 unspecified atom stereocenters. The highest BCUT2D eigenvalue weighted by atomic mass is 16.5. The van der Waals surface area contributed by atoms with Crippen LogP contribution in [-0.2, 0) is 0 Å². The minimum Gasteiger partial charge on any atom is -0.361 e. The van der Waals surface area contributed by atoms with E-state index in [9.17, 15) is 0 Å². The number of aromatic nitrogens is 5. The lowest BCUT2D eigenvalue weighted by molar-refractivity contribution is 0.393. The molecule has 1 saturated heterocycles. The summed E-state index contributed by atoms with van der Waals surface area (Å²) in [5.41, 5.74) is 4.01. The molecule has 0 aromatic carbocycles. The number of nitrogens with zero attached hydrogens (tertiary/aromatic N) is 7. The molecule has 1 atom stereocenters. The highest BCUT2D eigenvalue weighted by Gasteiger charge is 2.24. The van der Waals surface area contributed by atoms with Crippen LogP contribution in [0, 0.1) is 19.8 Å². The van der Waals surface area contributed by atoms with E-state index in [1.54, 1.807) is 18.6 Å². The van der Waals surface area contributed by atoms with Gasteiger partial charge in [0.1, 0.15) is 5.76 Å². The van der Waals surface area contributed by atoms with E-state index in [-0.39, 0.29) is 0 Å². The van der Waals surface area contributed by atoms with E-state index in [0.29, 0.717) is 11.9 Å². The number of aryl methyl sites for hydroxylation is 2. The van der Waals surface area contributed by atoms with Crippen LogP contribution in [0.5, 0.6) is 0 Å². The van der Waals surface area contributed by atoms with Crippen LogP contribution < -0.4 is 4.90 Å². The van der Waals surface area contributed by atoms with Gasteiger partial charge in [-0.2, -0.15) is 0 Å². The SMILES string of the molecule is Cc1noc(C)c1-c1nc(N(C)CC2CCN(C)C2)ncc1-c1cnccn1. The van der Waals surface area contributed by atoms with E-state index in [0.717, 1.165) is 53.6 Å². The van der Waals surface area contributed by atoms with Gasteiger partial charge >= 0.3 is 0 Å². The molecule has 3 aromatic heterocycles. The molecule has 0 amide bonds. The first-order valence-corrected chi connectivity index (χ1v) is 9.49. The van der Waals surface area contributed by atoms with Crippen molar-refractivity contribution in [3.8, 4) is 22.5 Å². The molecule has 1 fully saturated rings. The molecule has 4 rings (SSSR count). The van der Waals surface area contributed by atoms with Gasteiger partial charge < -0.3 is 14.3 Å². The van der Waals surface area contributed by atoms with E-state index in [4.69, 9.17) is 9.51 Å². The lowest BCUT2D eigenvalue weighted by Gasteiger charge is -2.22. The summed E-state index contributed by atoms with van der Waals surface area (Å²) in [6.07, 6.45) is 8.07. The summed E-state index contributed by atoms with van der Waals surface area (Å²) < 4.78 is 5.39. The van der Waals surface area contributed by atoms with Crippen molar-refractivity contribution in [3.63, 3.8) is 0 Å². The van der Waals surface area contributed by atoms with Crippen molar-refractivity contribution in [2.24, 2.45) is 5.92 Å². The number of rotatable bonds is 5. The molecule has 1 aliphatic rings. The van der Waals surface area contributed by atoms with Gasteiger partial charge in [-0.05, 0) is 39.8 Å². The summed E-state index contributed by atoms with van der Waals surface area (Å²) in [7, 11) is 4.22. The van der Waals surface area contributed by atoms with Gasteiger partial charge in [-0.25, -0.2) is 9.97 Å². The Hall–Kier alpha value is -2.87. The van der Waals surface area contributed by atoms with E-state index in [1.165, 1.54) is 6.42 Å². The maximum atomic E-state index is 5.39. The maximum absolute atomic E-state index is 5.39. The molecule has 0 radical (unpaired) electrons.